The van der Waals surface area contributed by atoms with Gasteiger partial charge in [-0.25, -0.2) is 0 Å². The summed E-state index contributed by atoms with van der Waals surface area (Å²) >= 11 is 0. The summed E-state index contributed by atoms with van der Waals surface area (Å²) in [4.78, 5) is 17.9. The van der Waals surface area contributed by atoms with Crippen LogP contribution in [0.15, 0.2) is 24.3 Å². The van der Waals surface area contributed by atoms with Gasteiger partial charge in [-0.05, 0) is 73.8 Å². The monoisotopic (exact) mass is 410 g/mol. The summed E-state index contributed by atoms with van der Waals surface area (Å²) in [6, 6.07) is 8.34. The maximum Gasteiger partial charge on any atom is 0.309 e. The van der Waals surface area contributed by atoms with E-state index in [0.29, 0.717) is 31.2 Å². The molecular formula is C25H34N2O3. The molecule has 1 N–H and O–H groups in total. The van der Waals surface area contributed by atoms with Crippen LogP contribution >= 0.6 is 0 Å². The van der Waals surface area contributed by atoms with E-state index >= 15 is 0 Å². The number of carbonyl (C=O) groups is 1. The Balaban J connectivity index is 1.40. The van der Waals surface area contributed by atoms with Crippen molar-refractivity contribution in [2.24, 2.45) is 17.3 Å². The van der Waals surface area contributed by atoms with Gasteiger partial charge < -0.3 is 9.84 Å². The van der Waals surface area contributed by atoms with Gasteiger partial charge in [0.25, 0.3) is 0 Å². The third-order valence-corrected chi connectivity index (χ3v) is 6.93. The Morgan fingerprint density at radius 2 is 1.87 bits per heavy atom. The number of ether oxygens (including phenoxy) is 1. The Labute approximate surface area is 179 Å². The molecule has 162 valence electrons. The molecule has 1 aromatic heterocycles. The number of aryl methyl sites for hydroxylation is 1. The van der Waals surface area contributed by atoms with Crippen molar-refractivity contribution in [1.82, 2.24) is 9.88 Å². The molecule has 2 heterocycles. The zero-order valence-electron chi connectivity index (χ0n) is 18.6. The standard InChI is InChI=1S/C25H34N2O3/c1-16-11-19(15-27-13-17(14-27)24(28)29)26-23-10-9-21(12-22(16)23)30-20-7-5-18(6-8-20)25(2,3)4/h9-12,17-18,20H,5-8,13-15H2,1-4H3,(H,28,29). The van der Waals surface area contributed by atoms with E-state index in [-0.39, 0.29) is 5.92 Å². The van der Waals surface area contributed by atoms with Gasteiger partial charge in [-0.1, -0.05) is 20.8 Å². The molecule has 0 bridgehead atoms. The molecule has 1 saturated heterocycles. The summed E-state index contributed by atoms with van der Waals surface area (Å²) < 4.78 is 6.34. The Morgan fingerprint density at radius 1 is 1.17 bits per heavy atom. The lowest BCUT2D eigenvalue weighted by Gasteiger charge is -2.37. The van der Waals surface area contributed by atoms with Crippen LogP contribution in [0.3, 0.4) is 0 Å². The van der Waals surface area contributed by atoms with Crippen LogP contribution in [-0.2, 0) is 11.3 Å². The van der Waals surface area contributed by atoms with Crippen LogP contribution < -0.4 is 4.74 Å². The maximum atomic E-state index is 11.0. The second-order valence-corrected chi connectivity index (χ2v) is 10.3. The number of benzene rings is 1. The Kier molecular flexibility index (Phi) is 5.75. The molecule has 2 fully saturated rings. The van der Waals surface area contributed by atoms with Gasteiger partial charge in [-0.2, -0.15) is 0 Å². The van der Waals surface area contributed by atoms with Crippen LogP contribution in [0.25, 0.3) is 10.9 Å². The number of pyridine rings is 1. The molecule has 1 aromatic carbocycles. The van der Waals surface area contributed by atoms with E-state index in [1.807, 2.05) is 6.07 Å². The van der Waals surface area contributed by atoms with Crippen molar-refractivity contribution >= 4 is 16.9 Å². The minimum atomic E-state index is -0.701. The molecule has 1 aliphatic carbocycles. The lowest BCUT2D eigenvalue weighted by molar-refractivity contribution is -0.147. The highest BCUT2D eigenvalue weighted by Gasteiger charge is 2.32. The Bertz CT molecular complexity index is 920. The van der Waals surface area contributed by atoms with Crippen LogP contribution in [0.1, 0.15) is 57.7 Å². The van der Waals surface area contributed by atoms with E-state index in [9.17, 15) is 4.79 Å². The van der Waals surface area contributed by atoms with Crippen LogP contribution in [-0.4, -0.2) is 40.2 Å². The van der Waals surface area contributed by atoms with Crippen molar-refractivity contribution in [3.8, 4) is 5.75 Å². The number of likely N-dealkylation sites (tertiary alicyclic amines) is 1. The van der Waals surface area contributed by atoms with Crippen LogP contribution in [0.5, 0.6) is 5.75 Å². The van der Waals surface area contributed by atoms with Gasteiger partial charge >= 0.3 is 5.97 Å². The summed E-state index contributed by atoms with van der Waals surface area (Å²) in [5.41, 5.74) is 3.55. The third-order valence-electron chi connectivity index (χ3n) is 6.93. The number of hydrogen-bond acceptors (Lipinski definition) is 4. The smallest absolute Gasteiger partial charge is 0.309 e. The topological polar surface area (TPSA) is 62.7 Å². The second-order valence-electron chi connectivity index (χ2n) is 10.3. The van der Waals surface area contributed by atoms with Gasteiger partial charge in [0.15, 0.2) is 0 Å². The summed E-state index contributed by atoms with van der Waals surface area (Å²) in [6.45, 7) is 11.1. The highest BCUT2D eigenvalue weighted by atomic mass is 16.5. The van der Waals surface area contributed by atoms with Gasteiger partial charge in [0, 0.05) is 25.0 Å². The molecule has 1 aliphatic heterocycles. The predicted octanol–water partition coefficient (Wildman–Crippen LogP) is 5.04. The van der Waals surface area contributed by atoms with E-state index in [1.54, 1.807) is 0 Å². The molecule has 5 nitrogen and oxygen atoms in total. The first kappa shape index (κ1) is 21.1. The molecule has 4 rings (SSSR count). The van der Waals surface area contributed by atoms with E-state index in [4.69, 9.17) is 14.8 Å². The molecule has 0 unspecified atom stereocenters. The lowest BCUT2D eigenvalue weighted by atomic mass is 9.72. The molecule has 2 aliphatic rings. The number of fused-ring (bicyclic) bond motifs is 1. The highest BCUT2D eigenvalue weighted by Crippen LogP contribution is 2.39. The molecule has 2 aromatic rings. The van der Waals surface area contributed by atoms with Crippen molar-refractivity contribution < 1.29 is 14.6 Å². The Morgan fingerprint density at radius 3 is 2.50 bits per heavy atom. The molecule has 1 saturated carbocycles. The molecule has 30 heavy (non-hydrogen) atoms. The number of hydrogen-bond donors (Lipinski definition) is 1. The SMILES string of the molecule is Cc1cc(CN2CC(C(=O)O)C2)nc2ccc(OC3CCC(C(C)(C)C)CC3)cc12. The molecule has 0 atom stereocenters. The summed E-state index contributed by atoms with van der Waals surface area (Å²) in [7, 11) is 0. The van der Waals surface area contributed by atoms with Gasteiger partial charge in [-0.15, -0.1) is 0 Å². The van der Waals surface area contributed by atoms with Crippen molar-refractivity contribution in [2.75, 3.05) is 13.1 Å². The minimum absolute atomic E-state index is 0.232. The summed E-state index contributed by atoms with van der Waals surface area (Å²) in [5.74, 6) is 0.792. The van der Waals surface area contributed by atoms with Gasteiger partial charge in [0.05, 0.1) is 23.2 Å². The summed E-state index contributed by atoms with van der Waals surface area (Å²) in [6.07, 6.45) is 5.05. The fourth-order valence-electron chi connectivity index (χ4n) is 4.92. The number of aromatic nitrogens is 1. The third kappa shape index (κ3) is 4.61. The summed E-state index contributed by atoms with van der Waals surface area (Å²) in [5, 5.41) is 10.2. The zero-order valence-corrected chi connectivity index (χ0v) is 18.6. The first-order valence-corrected chi connectivity index (χ1v) is 11.2. The number of carboxylic acid groups (broad SMARTS) is 1. The van der Waals surface area contributed by atoms with Crippen LogP contribution in [0, 0.1) is 24.2 Å². The van der Waals surface area contributed by atoms with Crippen LogP contribution in [0.2, 0.25) is 0 Å². The van der Waals surface area contributed by atoms with Crippen molar-refractivity contribution in [3.63, 3.8) is 0 Å². The number of rotatable bonds is 5. The highest BCUT2D eigenvalue weighted by molar-refractivity contribution is 5.83. The molecule has 0 amide bonds. The first-order chi connectivity index (χ1) is 14.2. The molecule has 0 radical (unpaired) electrons. The fourth-order valence-corrected chi connectivity index (χ4v) is 4.92. The van der Waals surface area contributed by atoms with E-state index < -0.39 is 5.97 Å². The zero-order chi connectivity index (χ0) is 21.5. The average molecular weight is 411 g/mol. The van der Waals surface area contributed by atoms with Crippen molar-refractivity contribution in [2.45, 2.75) is 66.0 Å². The quantitative estimate of drug-likeness (QED) is 0.748. The van der Waals surface area contributed by atoms with E-state index in [1.165, 1.54) is 18.4 Å². The largest absolute Gasteiger partial charge is 0.490 e. The van der Waals surface area contributed by atoms with Crippen LogP contribution in [0.4, 0.5) is 0 Å². The van der Waals surface area contributed by atoms with Gasteiger partial charge in [0.2, 0.25) is 0 Å². The first-order valence-electron chi connectivity index (χ1n) is 11.2. The van der Waals surface area contributed by atoms with Gasteiger partial charge in [-0.3, -0.25) is 14.7 Å². The number of carboxylic acids is 1. The van der Waals surface area contributed by atoms with E-state index in [0.717, 1.165) is 41.1 Å². The van der Waals surface area contributed by atoms with Gasteiger partial charge in [0.1, 0.15) is 5.75 Å². The minimum Gasteiger partial charge on any atom is -0.490 e. The van der Waals surface area contributed by atoms with Crippen molar-refractivity contribution in [1.29, 1.82) is 0 Å². The normalized spacial score (nSPS) is 23.3. The van der Waals surface area contributed by atoms with Crippen molar-refractivity contribution in [3.05, 3.63) is 35.5 Å². The predicted molar refractivity (Wildman–Crippen MR) is 119 cm³/mol. The van der Waals surface area contributed by atoms with E-state index in [2.05, 4.69) is 50.8 Å². The average Bonchev–Trinajstić information content (AvgIpc) is 2.64. The molecular weight excluding hydrogens is 376 g/mol. The maximum absolute atomic E-state index is 11.0. The molecule has 0 spiro atoms. The Hall–Kier alpha value is -2.14. The number of aliphatic carboxylic acids is 1. The fraction of sp³-hybridized carbons (Fsp3) is 0.600. The molecule has 5 heteroatoms. The second kappa shape index (κ2) is 8.18. The number of nitrogens with zero attached hydrogens (tertiary/aromatic N) is 2. The lowest BCUT2D eigenvalue weighted by Crippen LogP contribution is -2.49.